The molecule has 2 atom stereocenters. The normalized spacial score (nSPS) is 23.3. The number of aliphatic hydroxyl groups is 1. The number of halogens is 2. The lowest BCUT2D eigenvalue weighted by Crippen LogP contribution is -2.59. The number of hydrogen-bond donors (Lipinski definition) is 4. The maximum atomic E-state index is 14.3. The smallest absolute Gasteiger partial charge is 0.206 e. The van der Waals surface area contributed by atoms with Crippen molar-refractivity contribution in [2.45, 2.75) is 15.4 Å². The fourth-order valence-corrected chi connectivity index (χ4v) is 6.44. The number of hydrogen-bond acceptors (Lipinski definition) is 5. The molecule has 1 fully saturated rings. The summed E-state index contributed by atoms with van der Waals surface area (Å²) in [6.07, 6.45) is 0. The highest BCUT2D eigenvalue weighted by atomic mass is 35.5. The van der Waals surface area contributed by atoms with Crippen LogP contribution >= 0.6 is 23.2 Å². The Morgan fingerprint density at radius 2 is 1.47 bits per heavy atom. The second kappa shape index (κ2) is 8.06. The minimum absolute atomic E-state index is 0.0656. The van der Waals surface area contributed by atoms with Gasteiger partial charge in [0.25, 0.3) is 0 Å². The van der Waals surface area contributed by atoms with E-state index < -0.39 is 26.3 Å². The Labute approximate surface area is 195 Å². The zero-order valence-corrected chi connectivity index (χ0v) is 19.0. The van der Waals surface area contributed by atoms with Gasteiger partial charge in [-0.05, 0) is 47.5 Å². The molecule has 166 valence electrons. The van der Waals surface area contributed by atoms with Crippen molar-refractivity contribution in [2.75, 3.05) is 6.54 Å². The number of hydrazine groups is 1. The second-order valence-corrected chi connectivity index (χ2v) is 10.4. The van der Waals surface area contributed by atoms with E-state index in [1.807, 2.05) is 0 Å². The molecule has 0 radical (unpaired) electrons. The van der Waals surface area contributed by atoms with Gasteiger partial charge in [-0.25, -0.2) is 13.8 Å². The first-order valence-electron chi connectivity index (χ1n) is 9.55. The molecule has 1 saturated heterocycles. The van der Waals surface area contributed by atoms with Crippen molar-refractivity contribution in [3.63, 3.8) is 0 Å². The van der Waals surface area contributed by atoms with Crippen LogP contribution in [0.25, 0.3) is 0 Å². The minimum atomic E-state index is -4.36. The van der Waals surface area contributed by atoms with Crippen LogP contribution in [0, 0.1) is 5.41 Å². The summed E-state index contributed by atoms with van der Waals surface area (Å²) >= 11 is 12.0. The van der Waals surface area contributed by atoms with Crippen molar-refractivity contribution in [1.29, 1.82) is 5.41 Å². The summed E-state index contributed by atoms with van der Waals surface area (Å²) in [4.78, 5) is -2.20. The molecule has 5 N–H and O–H groups in total. The lowest BCUT2D eigenvalue weighted by molar-refractivity contribution is 0.0151. The van der Waals surface area contributed by atoms with Gasteiger partial charge in [-0.2, -0.15) is 0 Å². The number of β-amino-alcohol motifs (C(OH)–C–C–N with tert-alkyl or cyclic N) is 1. The molecule has 32 heavy (non-hydrogen) atoms. The number of benzene rings is 3. The standard InChI is InChI=1S/C22H20Cl2N4O3S/c23-17-8-6-16(7-9-17)22(32(30,31)19-12-10-18(24)11-13-19)21(29,14-28(27-22)20(25)26)15-4-2-1-3-5-15/h1-13,27,29H,14H2,(H3,25,26). The SMILES string of the molecule is N=C(N)N1CC(O)(c2ccccc2)C(c2ccc(Cl)cc2)(S(=O)(=O)c2ccc(Cl)cc2)N1. The quantitative estimate of drug-likeness (QED) is 0.329. The van der Waals surface area contributed by atoms with Crippen molar-refractivity contribution >= 4 is 39.0 Å². The molecular weight excluding hydrogens is 471 g/mol. The number of nitrogens with two attached hydrogens (primary N) is 1. The van der Waals surface area contributed by atoms with E-state index in [2.05, 4.69) is 5.43 Å². The number of nitrogens with zero attached hydrogens (tertiary/aromatic N) is 1. The highest BCUT2D eigenvalue weighted by Gasteiger charge is 2.67. The van der Waals surface area contributed by atoms with E-state index in [1.165, 1.54) is 36.4 Å². The molecule has 1 heterocycles. The van der Waals surface area contributed by atoms with Gasteiger partial charge < -0.3 is 10.8 Å². The van der Waals surface area contributed by atoms with Crippen LogP contribution < -0.4 is 11.2 Å². The van der Waals surface area contributed by atoms with E-state index >= 15 is 0 Å². The summed E-state index contributed by atoms with van der Waals surface area (Å²) < 4.78 is 28.5. The van der Waals surface area contributed by atoms with Gasteiger partial charge in [0.1, 0.15) is 5.60 Å². The third-order valence-electron chi connectivity index (χ3n) is 5.58. The van der Waals surface area contributed by atoms with Crippen LogP contribution in [0.5, 0.6) is 0 Å². The monoisotopic (exact) mass is 490 g/mol. The highest BCUT2D eigenvalue weighted by molar-refractivity contribution is 7.92. The molecule has 2 unspecified atom stereocenters. The largest absolute Gasteiger partial charge is 0.380 e. The van der Waals surface area contributed by atoms with Gasteiger partial charge >= 0.3 is 0 Å². The first-order valence-corrected chi connectivity index (χ1v) is 11.8. The molecule has 4 rings (SSSR count). The average Bonchev–Trinajstić information content (AvgIpc) is 3.11. The van der Waals surface area contributed by atoms with E-state index in [0.717, 1.165) is 5.01 Å². The fraction of sp³-hybridized carbons (Fsp3) is 0.136. The number of rotatable bonds is 4. The van der Waals surface area contributed by atoms with Gasteiger partial charge in [0.05, 0.1) is 11.4 Å². The molecule has 10 heteroatoms. The van der Waals surface area contributed by atoms with Crippen molar-refractivity contribution in [3.05, 3.63) is 100 Å². The first kappa shape index (κ1) is 22.6. The van der Waals surface area contributed by atoms with Gasteiger partial charge in [0.2, 0.25) is 20.7 Å². The Morgan fingerprint density at radius 3 is 2.00 bits per heavy atom. The molecule has 0 bridgehead atoms. The summed E-state index contributed by atoms with van der Waals surface area (Å²) in [6.45, 7) is -0.290. The molecule has 0 spiro atoms. The summed E-state index contributed by atoms with van der Waals surface area (Å²) in [5, 5.41) is 22.0. The Balaban J connectivity index is 2.09. The lowest BCUT2D eigenvalue weighted by atomic mass is 9.83. The summed E-state index contributed by atoms with van der Waals surface area (Å²) in [5.41, 5.74) is 7.11. The Kier molecular flexibility index (Phi) is 5.68. The van der Waals surface area contributed by atoms with Crippen molar-refractivity contribution in [3.8, 4) is 0 Å². The summed E-state index contributed by atoms with van der Waals surface area (Å²) in [6, 6.07) is 20.2. The van der Waals surface area contributed by atoms with E-state index in [9.17, 15) is 13.5 Å². The van der Waals surface area contributed by atoms with Crippen molar-refractivity contribution in [1.82, 2.24) is 10.4 Å². The second-order valence-electron chi connectivity index (χ2n) is 7.45. The van der Waals surface area contributed by atoms with Crippen LogP contribution in [0.1, 0.15) is 11.1 Å². The first-order chi connectivity index (χ1) is 15.1. The number of guanidine groups is 1. The molecule has 1 aliphatic heterocycles. The van der Waals surface area contributed by atoms with Gasteiger partial charge in [0, 0.05) is 10.0 Å². The maximum Gasteiger partial charge on any atom is 0.206 e. The van der Waals surface area contributed by atoms with E-state index in [0.29, 0.717) is 15.6 Å². The van der Waals surface area contributed by atoms with Crippen LogP contribution in [0.15, 0.2) is 83.8 Å². The molecule has 0 aromatic heterocycles. The Morgan fingerprint density at radius 1 is 0.938 bits per heavy atom. The molecular formula is C22H20Cl2N4O3S. The molecule has 7 nitrogen and oxygen atoms in total. The van der Waals surface area contributed by atoms with E-state index in [1.54, 1.807) is 42.5 Å². The van der Waals surface area contributed by atoms with Crippen LogP contribution in [0.3, 0.4) is 0 Å². The molecule has 1 aliphatic rings. The van der Waals surface area contributed by atoms with Crippen LogP contribution in [-0.2, 0) is 20.3 Å². The van der Waals surface area contributed by atoms with Crippen LogP contribution in [-0.4, -0.2) is 31.0 Å². The average molecular weight is 491 g/mol. The Bertz CT molecular complexity index is 1250. The van der Waals surface area contributed by atoms with Gasteiger partial charge in [-0.15, -0.1) is 0 Å². The zero-order chi connectivity index (χ0) is 23.1. The molecule has 0 saturated carbocycles. The maximum absolute atomic E-state index is 14.3. The third kappa shape index (κ3) is 3.35. The van der Waals surface area contributed by atoms with Gasteiger partial charge in [0.15, 0.2) is 0 Å². The summed E-state index contributed by atoms with van der Waals surface area (Å²) in [5.74, 6) is -0.443. The van der Waals surface area contributed by atoms with Crippen molar-refractivity contribution in [2.24, 2.45) is 5.73 Å². The summed E-state index contributed by atoms with van der Waals surface area (Å²) in [7, 11) is -4.36. The molecule has 3 aromatic carbocycles. The van der Waals surface area contributed by atoms with Gasteiger partial charge in [-0.3, -0.25) is 10.4 Å². The fourth-order valence-electron chi connectivity index (χ4n) is 4.03. The lowest BCUT2D eigenvalue weighted by Gasteiger charge is -2.40. The van der Waals surface area contributed by atoms with Crippen LogP contribution in [0.2, 0.25) is 10.0 Å². The van der Waals surface area contributed by atoms with Gasteiger partial charge in [-0.1, -0.05) is 65.7 Å². The van der Waals surface area contributed by atoms with E-state index in [-0.39, 0.29) is 17.0 Å². The predicted octanol–water partition coefficient (Wildman–Crippen LogP) is 3.22. The molecule has 0 amide bonds. The Hall–Kier alpha value is -2.62. The topological polar surface area (TPSA) is 120 Å². The number of nitrogens with one attached hydrogen (secondary N) is 2. The molecule has 0 aliphatic carbocycles. The van der Waals surface area contributed by atoms with Crippen molar-refractivity contribution < 1.29 is 13.5 Å². The zero-order valence-electron chi connectivity index (χ0n) is 16.7. The predicted molar refractivity (Wildman–Crippen MR) is 124 cm³/mol. The minimum Gasteiger partial charge on any atom is -0.380 e. The molecule has 3 aromatic rings. The third-order valence-corrected chi connectivity index (χ3v) is 8.45. The highest BCUT2D eigenvalue weighted by Crippen LogP contribution is 2.51. The van der Waals surface area contributed by atoms with E-state index in [4.69, 9.17) is 34.3 Å². The number of sulfone groups is 1. The van der Waals surface area contributed by atoms with Crippen LogP contribution in [0.4, 0.5) is 0 Å².